The second-order valence-corrected chi connectivity index (χ2v) is 13.3. The minimum absolute atomic E-state index is 0.0351. The number of hydrogen-bond acceptors (Lipinski definition) is 4. The number of nitrogens with one attached hydrogen (secondary N) is 1. The molecule has 4 aromatic rings. The molecule has 7 nitrogen and oxygen atoms in total. The number of carbonyl (C=O) groups excluding carboxylic acids is 2. The predicted octanol–water partition coefficient (Wildman–Crippen LogP) is 6.93. The summed E-state index contributed by atoms with van der Waals surface area (Å²) in [6.07, 6.45) is 0.193. The summed E-state index contributed by atoms with van der Waals surface area (Å²) in [5.41, 5.74) is 2.59. The van der Waals surface area contributed by atoms with Gasteiger partial charge in [-0.1, -0.05) is 88.9 Å². The Morgan fingerprint density at radius 3 is 2.09 bits per heavy atom. The van der Waals surface area contributed by atoms with E-state index in [0.717, 1.165) is 15.4 Å². The van der Waals surface area contributed by atoms with E-state index in [1.54, 1.807) is 49.4 Å². The number of likely N-dealkylation sites (N-methyl/N-ethyl adjacent to an activating group) is 1. The molecule has 0 aromatic heterocycles. The molecule has 0 bridgehead atoms. The van der Waals surface area contributed by atoms with E-state index in [9.17, 15) is 18.0 Å². The van der Waals surface area contributed by atoms with Gasteiger partial charge < -0.3 is 10.2 Å². The standard InChI is InChI=1S/C33H32Cl3N3O4S/c1-3-37-33(41)31(19-24-7-5-4-6-8-24)38(21-25-11-12-27(35)20-30(25)36)32(40)22-39(28-15-9-23(2)10-16-28)44(42,43)29-17-13-26(34)14-18-29/h4-18,20,31H,3,19,21-22H2,1-2H3,(H,37,41)/t31-/m0/s1. The van der Waals surface area contributed by atoms with E-state index in [4.69, 9.17) is 34.8 Å². The van der Waals surface area contributed by atoms with Crippen LogP contribution in [-0.4, -0.2) is 44.3 Å². The smallest absolute Gasteiger partial charge is 0.264 e. The van der Waals surface area contributed by atoms with Crippen molar-refractivity contribution in [1.82, 2.24) is 10.2 Å². The van der Waals surface area contributed by atoms with Crippen LogP contribution in [0.3, 0.4) is 0 Å². The first-order valence-electron chi connectivity index (χ1n) is 13.9. The van der Waals surface area contributed by atoms with Crippen LogP contribution in [0.5, 0.6) is 0 Å². The molecule has 0 heterocycles. The van der Waals surface area contributed by atoms with Crippen molar-refractivity contribution in [2.24, 2.45) is 0 Å². The molecular weight excluding hydrogens is 641 g/mol. The number of benzene rings is 4. The van der Waals surface area contributed by atoms with Crippen LogP contribution < -0.4 is 9.62 Å². The molecule has 11 heteroatoms. The zero-order chi connectivity index (χ0) is 31.9. The summed E-state index contributed by atoms with van der Waals surface area (Å²) >= 11 is 18.7. The fourth-order valence-corrected chi connectivity index (χ4v) is 6.66. The van der Waals surface area contributed by atoms with E-state index < -0.39 is 28.5 Å². The predicted molar refractivity (Wildman–Crippen MR) is 177 cm³/mol. The molecule has 0 radical (unpaired) electrons. The highest BCUT2D eigenvalue weighted by molar-refractivity contribution is 7.92. The lowest BCUT2D eigenvalue weighted by Gasteiger charge is -2.34. The molecule has 0 fully saturated rings. The Balaban J connectivity index is 1.81. The third-order valence-electron chi connectivity index (χ3n) is 6.98. The van der Waals surface area contributed by atoms with Gasteiger partial charge in [0.1, 0.15) is 12.6 Å². The van der Waals surface area contributed by atoms with Gasteiger partial charge in [-0.2, -0.15) is 0 Å². The highest BCUT2D eigenvalue weighted by Gasteiger charge is 2.34. The Kier molecular flexibility index (Phi) is 11.3. The van der Waals surface area contributed by atoms with Gasteiger partial charge in [0.15, 0.2) is 0 Å². The topological polar surface area (TPSA) is 86.8 Å². The molecule has 0 spiro atoms. The van der Waals surface area contributed by atoms with Gasteiger partial charge in [-0.15, -0.1) is 0 Å². The van der Waals surface area contributed by atoms with E-state index in [-0.39, 0.29) is 23.8 Å². The van der Waals surface area contributed by atoms with Gasteiger partial charge >= 0.3 is 0 Å². The first kappa shape index (κ1) is 33.3. The van der Waals surface area contributed by atoms with Gasteiger partial charge in [-0.3, -0.25) is 13.9 Å². The molecule has 0 saturated heterocycles. The van der Waals surface area contributed by atoms with E-state index in [2.05, 4.69) is 5.32 Å². The number of anilines is 1. The minimum Gasteiger partial charge on any atom is -0.355 e. The Hall–Kier alpha value is -3.56. The zero-order valence-corrected chi connectivity index (χ0v) is 27.3. The van der Waals surface area contributed by atoms with Gasteiger partial charge in [0, 0.05) is 34.6 Å². The molecule has 4 rings (SSSR count). The van der Waals surface area contributed by atoms with Crippen molar-refractivity contribution in [3.05, 3.63) is 129 Å². The molecule has 4 aromatic carbocycles. The highest BCUT2D eigenvalue weighted by atomic mass is 35.5. The quantitative estimate of drug-likeness (QED) is 0.177. The van der Waals surface area contributed by atoms with Crippen LogP contribution >= 0.6 is 34.8 Å². The lowest BCUT2D eigenvalue weighted by molar-refractivity contribution is -0.140. The molecule has 0 saturated carbocycles. The average Bonchev–Trinajstić information content (AvgIpc) is 3.00. The van der Waals surface area contributed by atoms with Crippen molar-refractivity contribution in [1.29, 1.82) is 0 Å². The van der Waals surface area contributed by atoms with Crippen molar-refractivity contribution in [3.8, 4) is 0 Å². The van der Waals surface area contributed by atoms with Crippen molar-refractivity contribution in [2.75, 3.05) is 17.4 Å². The van der Waals surface area contributed by atoms with E-state index in [1.165, 1.54) is 29.2 Å². The van der Waals surface area contributed by atoms with Gasteiger partial charge in [0.25, 0.3) is 10.0 Å². The first-order valence-corrected chi connectivity index (χ1v) is 16.5. The van der Waals surface area contributed by atoms with E-state index >= 15 is 0 Å². The maximum Gasteiger partial charge on any atom is 0.264 e. The monoisotopic (exact) mass is 671 g/mol. The number of amides is 2. The molecule has 1 atom stereocenters. The van der Waals surface area contributed by atoms with Gasteiger partial charge in [0.2, 0.25) is 11.8 Å². The van der Waals surface area contributed by atoms with Crippen molar-refractivity contribution in [2.45, 2.75) is 37.8 Å². The van der Waals surface area contributed by atoms with Crippen LogP contribution in [0.15, 0.2) is 102 Å². The number of hydrogen-bond donors (Lipinski definition) is 1. The van der Waals surface area contributed by atoms with Gasteiger partial charge in [0.05, 0.1) is 10.6 Å². The van der Waals surface area contributed by atoms with E-state index in [1.807, 2.05) is 37.3 Å². The number of rotatable bonds is 12. The second kappa shape index (κ2) is 14.9. The van der Waals surface area contributed by atoms with Crippen LogP contribution in [0.25, 0.3) is 0 Å². The molecule has 0 aliphatic carbocycles. The number of carbonyl (C=O) groups is 2. The summed E-state index contributed by atoms with van der Waals surface area (Å²) in [4.78, 5) is 29.3. The second-order valence-electron chi connectivity index (χ2n) is 10.2. The maximum atomic E-state index is 14.4. The van der Waals surface area contributed by atoms with Crippen LogP contribution in [0.2, 0.25) is 15.1 Å². The Morgan fingerprint density at radius 2 is 1.48 bits per heavy atom. The van der Waals surface area contributed by atoms with Crippen LogP contribution in [0, 0.1) is 6.92 Å². The number of aryl methyl sites for hydroxylation is 1. The Labute approximate surface area is 273 Å². The highest BCUT2D eigenvalue weighted by Crippen LogP contribution is 2.28. The number of nitrogens with zero attached hydrogens (tertiary/aromatic N) is 2. The van der Waals surface area contributed by atoms with Crippen LogP contribution in [0.4, 0.5) is 5.69 Å². The Bertz CT molecular complexity index is 1700. The summed E-state index contributed by atoms with van der Waals surface area (Å²) in [7, 11) is -4.23. The molecule has 0 unspecified atom stereocenters. The fourth-order valence-electron chi connectivity index (χ4n) is 4.65. The van der Waals surface area contributed by atoms with Crippen LogP contribution in [-0.2, 0) is 32.6 Å². The van der Waals surface area contributed by atoms with E-state index in [0.29, 0.717) is 32.9 Å². The summed E-state index contributed by atoms with van der Waals surface area (Å²) in [6, 6.07) is 25.8. The summed E-state index contributed by atoms with van der Waals surface area (Å²) in [5.74, 6) is -0.974. The normalized spacial score (nSPS) is 11.9. The molecule has 230 valence electrons. The summed E-state index contributed by atoms with van der Waals surface area (Å²) < 4.78 is 29.1. The zero-order valence-electron chi connectivity index (χ0n) is 24.2. The van der Waals surface area contributed by atoms with Crippen LogP contribution in [0.1, 0.15) is 23.6 Å². The van der Waals surface area contributed by atoms with Gasteiger partial charge in [-0.25, -0.2) is 8.42 Å². The van der Waals surface area contributed by atoms with Crippen molar-refractivity contribution < 1.29 is 18.0 Å². The Morgan fingerprint density at radius 1 is 0.841 bits per heavy atom. The summed E-state index contributed by atoms with van der Waals surface area (Å²) in [6.45, 7) is 3.37. The maximum absolute atomic E-state index is 14.4. The molecule has 2 amide bonds. The molecule has 0 aliphatic heterocycles. The average molecular weight is 673 g/mol. The third-order valence-corrected chi connectivity index (χ3v) is 9.61. The minimum atomic E-state index is -4.23. The molecular formula is C33H32Cl3N3O4S. The lowest BCUT2D eigenvalue weighted by atomic mass is 10.0. The van der Waals surface area contributed by atoms with Crippen molar-refractivity contribution >= 4 is 62.3 Å². The first-order chi connectivity index (χ1) is 21.0. The molecule has 0 aliphatic rings. The molecule has 1 N–H and O–H groups in total. The number of halogens is 3. The number of sulfonamides is 1. The largest absolute Gasteiger partial charge is 0.355 e. The SMILES string of the molecule is CCNC(=O)[C@H](Cc1ccccc1)N(Cc1ccc(Cl)cc1Cl)C(=O)CN(c1ccc(C)cc1)S(=O)(=O)c1ccc(Cl)cc1. The lowest BCUT2D eigenvalue weighted by Crippen LogP contribution is -2.53. The fraction of sp³-hybridized carbons (Fsp3) is 0.212. The molecule has 44 heavy (non-hydrogen) atoms. The van der Waals surface area contributed by atoms with Crippen molar-refractivity contribution in [3.63, 3.8) is 0 Å². The summed E-state index contributed by atoms with van der Waals surface area (Å²) in [5, 5.41) is 3.94. The van der Waals surface area contributed by atoms with Gasteiger partial charge in [-0.05, 0) is 73.5 Å². The third kappa shape index (κ3) is 8.33.